The molecule has 11 N–H and O–H groups in total. The van der Waals surface area contributed by atoms with Crippen LogP contribution in [0.2, 0.25) is 0 Å². The quantitative estimate of drug-likeness (QED) is 0.102. The van der Waals surface area contributed by atoms with Crippen LogP contribution in [0.3, 0.4) is 0 Å². The summed E-state index contributed by atoms with van der Waals surface area (Å²) in [6.45, 7) is 12.7. The van der Waals surface area contributed by atoms with E-state index in [9.17, 15) is 64.2 Å². The Hall–Kier alpha value is -6.62. The number of carbonyl (C=O) groups is 7. The van der Waals surface area contributed by atoms with Crippen molar-refractivity contribution in [1.82, 2.24) is 36.4 Å². The van der Waals surface area contributed by atoms with Gasteiger partial charge < -0.3 is 86.1 Å². The number of amides is 7. The average molecular weight is 1010 g/mol. The number of alkyl carbamates (subject to hydrolysis) is 1. The number of fused-ring (bicyclic) bond motifs is 2. The number of ether oxygens (including phenoxy) is 3. The lowest BCUT2D eigenvalue weighted by atomic mass is 9.99. The minimum atomic E-state index is -2.04. The van der Waals surface area contributed by atoms with Crippen LogP contribution in [0.4, 0.5) is 4.79 Å². The number of nitrogens with one attached hydrogen (secondary N) is 5. The number of benzene rings is 2. The van der Waals surface area contributed by atoms with Gasteiger partial charge >= 0.3 is 6.09 Å². The molecule has 2 aromatic rings. The van der Waals surface area contributed by atoms with Gasteiger partial charge in [0.15, 0.2) is 17.6 Å². The Morgan fingerprint density at radius 2 is 1.46 bits per heavy atom. The molecule has 3 heterocycles. The van der Waals surface area contributed by atoms with Gasteiger partial charge in [-0.1, -0.05) is 43.3 Å². The predicted molar refractivity (Wildman–Crippen MR) is 252 cm³/mol. The Labute approximate surface area is 416 Å². The summed E-state index contributed by atoms with van der Waals surface area (Å²) in [5, 5.41) is 79.2. The van der Waals surface area contributed by atoms with E-state index in [4.69, 9.17) is 20.8 Å². The summed E-state index contributed by atoms with van der Waals surface area (Å²) in [6.07, 6.45) is -12.7. The first-order valence-electron chi connectivity index (χ1n) is 23.5. The number of aliphatic hydroxyl groups excluding tert-OH is 6. The zero-order valence-corrected chi connectivity index (χ0v) is 40.9. The molecular weight excluding hydrogens is 945 g/mol. The van der Waals surface area contributed by atoms with E-state index in [1.165, 1.54) is 20.1 Å². The zero-order valence-electron chi connectivity index (χ0n) is 40.9. The van der Waals surface area contributed by atoms with Crippen molar-refractivity contribution in [3.05, 3.63) is 71.1 Å². The summed E-state index contributed by atoms with van der Waals surface area (Å²) in [7, 11) is 1.38. The molecule has 0 saturated carbocycles. The second-order valence-electron chi connectivity index (χ2n) is 19.3. The molecule has 0 aromatic heterocycles. The van der Waals surface area contributed by atoms with Gasteiger partial charge in [-0.15, -0.1) is 0 Å². The maximum atomic E-state index is 14.6. The Morgan fingerprint density at radius 1 is 0.806 bits per heavy atom. The third kappa shape index (κ3) is 14.5. The first-order chi connectivity index (χ1) is 33.9. The molecule has 3 aliphatic heterocycles. The molecule has 0 radical (unpaired) electrons. The minimum absolute atomic E-state index is 0.183. The largest absolute Gasteiger partial charge is 0.493 e. The Balaban J connectivity index is 1.56. The lowest BCUT2D eigenvalue weighted by Crippen LogP contribution is -2.64. The van der Waals surface area contributed by atoms with E-state index in [0.717, 1.165) is 22.3 Å². The van der Waals surface area contributed by atoms with Gasteiger partial charge in [-0.25, -0.2) is 11.4 Å². The lowest BCUT2D eigenvalue weighted by Gasteiger charge is -2.33. The van der Waals surface area contributed by atoms with Crippen LogP contribution < -0.4 is 36.1 Å². The summed E-state index contributed by atoms with van der Waals surface area (Å²) < 4.78 is 16.8. The van der Waals surface area contributed by atoms with Crippen molar-refractivity contribution in [2.75, 3.05) is 33.3 Å². The molecule has 5 rings (SSSR count). The number of hydrogen-bond donors (Lipinski definition) is 11. The fourth-order valence-corrected chi connectivity index (χ4v) is 8.62. The zero-order chi connectivity index (χ0) is 53.2. The van der Waals surface area contributed by atoms with Crippen LogP contribution in [-0.2, 0) is 46.5 Å². The van der Waals surface area contributed by atoms with Crippen molar-refractivity contribution in [3.8, 4) is 11.5 Å². The van der Waals surface area contributed by atoms with Gasteiger partial charge in [0.25, 0.3) is 0 Å². The normalized spacial score (nSPS) is 28.3. The first-order valence-corrected chi connectivity index (χ1v) is 23.5. The molecule has 3 saturated heterocycles. The number of aliphatic hydroxyl groups is 6. The van der Waals surface area contributed by atoms with Crippen LogP contribution in [0.25, 0.3) is 4.85 Å². The maximum Gasteiger partial charge on any atom is 0.408 e. The molecule has 72 heavy (non-hydrogen) atoms. The van der Waals surface area contributed by atoms with Crippen molar-refractivity contribution in [1.29, 1.82) is 0 Å². The van der Waals surface area contributed by atoms with Gasteiger partial charge in [-0.05, 0) is 51.0 Å². The fraction of sp³-hybridized carbons (Fsp3) is 0.583. The van der Waals surface area contributed by atoms with Gasteiger partial charge in [0, 0.05) is 44.8 Å². The number of hydrogen-bond acceptors (Lipinski definition) is 16. The van der Waals surface area contributed by atoms with E-state index in [1.807, 2.05) is 30.3 Å². The molecule has 0 aliphatic carbocycles. The molecule has 24 heteroatoms. The number of β-amino-alcohol motifs (C(OH)–C–C–N with tert-alkyl or cyclic N) is 1. The molecular formula is C48H66N8O16. The summed E-state index contributed by atoms with van der Waals surface area (Å²) in [5.41, 5.74) is 0.144. The van der Waals surface area contributed by atoms with E-state index in [-0.39, 0.29) is 18.9 Å². The number of nitrogens with zero attached hydrogens (tertiary/aromatic N) is 3. The van der Waals surface area contributed by atoms with Crippen molar-refractivity contribution in [3.63, 3.8) is 0 Å². The van der Waals surface area contributed by atoms with Crippen LogP contribution in [-0.4, -0.2) is 194 Å². The second-order valence-corrected chi connectivity index (χ2v) is 19.3. The van der Waals surface area contributed by atoms with Crippen molar-refractivity contribution < 1.29 is 78.4 Å². The number of methoxy groups -OCH3 is 1. The predicted octanol–water partition coefficient (Wildman–Crippen LogP) is -2.76. The highest BCUT2D eigenvalue weighted by molar-refractivity contribution is 5.98. The van der Waals surface area contributed by atoms with E-state index >= 15 is 0 Å². The number of carbonyl (C=O) groups excluding carboxylic acids is 7. The van der Waals surface area contributed by atoms with Crippen LogP contribution >= 0.6 is 0 Å². The van der Waals surface area contributed by atoms with Crippen LogP contribution in [0.5, 0.6) is 11.5 Å². The van der Waals surface area contributed by atoms with Gasteiger partial charge in [0.1, 0.15) is 48.5 Å². The molecule has 2 aromatic carbocycles. The third-order valence-electron chi connectivity index (χ3n) is 12.3. The monoisotopic (exact) mass is 1010 g/mol. The van der Waals surface area contributed by atoms with Crippen LogP contribution in [0.1, 0.15) is 58.6 Å². The molecule has 0 bridgehead atoms. The van der Waals surface area contributed by atoms with Gasteiger partial charge in [0.2, 0.25) is 42.0 Å². The smallest absolute Gasteiger partial charge is 0.408 e. The molecule has 24 nitrogen and oxygen atoms in total. The molecule has 13 atom stereocenters. The first kappa shape index (κ1) is 56.3. The highest BCUT2D eigenvalue weighted by atomic mass is 16.6. The Bertz CT molecular complexity index is 2310. The Morgan fingerprint density at radius 3 is 2.10 bits per heavy atom. The second kappa shape index (κ2) is 24.7. The van der Waals surface area contributed by atoms with Gasteiger partial charge in [0.05, 0.1) is 37.6 Å². The summed E-state index contributed by atoms with van der Waals surface area (Å²) in [4.78, 5) is 104. The average Bonchev–Trinajstić information content (AvgIpc) is 3.86. The van der Waals surface area contributed by atoms with Gasteiger partial charge in [-0.2, -0.15) is 0 Å². The van der Waals surface area contributed by atoms with Crippen molar-refractivity contribution >= 4 is 41.5 Å². The lowest BCUT2D eigenvalue weighted by molar-refractivity contribution is -0.147. The fourth-order valence-electron chi connectivity index (χ4n) is 8.62. The summed E-state index contributed by atoms with van der Waals surface area (Å²) >= 11 is 0. The van der Waals surface area contributed by atoms with E-state index in [1.54, 1.807) is 32.9 Å². The molecule has 7 amide bonds. The van der Waals surface area contributed by atoms with Crippen molar-refractivity contribution in [2.24, 2.45) is 5.92 Å². The van der Waals surface area contributed by atoms with Gasteiger partial charge in [-0.3, -0.25) is 28.8 Å². The maximum absolute atomic E-state index is 14.6. The molecule has 3 aliphatic rings. The third-order valence-corrected chi connectivity index (χ3v) is 12.3. The topological polar surface area (TPSA) is 340 Å². The van der Waals surface area contributed by atoms with Crippen LogP contribution in [0, 0.1) is 12.5 Å². The van der Waals surface area contributed by atoms with E-state index in [2.05, 4.69) is 31.4 Å². The van der Waals surface area contributed by atoms with E-state index in [0.29, 0.717) is 11.3 Å². The summed E-state index contributed by atoms with van der Waals surface area (Å²) in [6, 6.07) is 2.91. The molecule has 1 unspecified atom stereocenters. The summed E-state index contributed by atoms with van der Waals surface area (Å²) in [5.74, 6) is -7.04. The van der Waals surface area contributed by atoms with E-state index < -0.39 is 165 Å². The highest BCUT2D eigenvalue weighted by Gasteiger charge is 2.50. The standard InChI is InChI=1S/C48H66N8O16/c1-24-21-56-39(40(24)62)44(66)50-19-28(58)17-30(51-47(69)72-48(3,4)5)41(63)52-36(25(2)57)45(67)55-22-29(59)18-31(55)42(64)53-37(43(65)54-38(46(56)68)33(61)20-49-6)32(60)15-27-13-14-34(35(16-27)70-7)71-23-26-11-9-8-10-12-26/h8-14,16,24-25,28-33,36-40,57-62H,15,17-23H2,1-5,7H3,(H,50,66)(H,51,69)(H,52,63)(H,53,64)(H,54,65)/t24-,25+,28+,29+,30?,31-,32+,33+,36-,37-,38-,39-,40-/m0/s1. The minimum Gasteiger partial charge on any atom is -0.493 e. The molecule has 394 valence electrons. The van der Waals surface area contributed by atoms with Crippen molar-refractivity contribution in [2.45, 2.75) is 139 Å². The SMILES string of the molecule is [C-]#[N+]C[C@@H](O)[C@@H]1NC(=O)[C@H]([C@H](O)Cc2ccc(OCc3ccccc3)c(OC)c2)NC(=O)[C@@H]2C[C@@H](O)CN2C(=O)[C@H]([C@@H](C)O)NC(=O)C(NC(=O)OC(C)(C)C)C[C@@H](O)CNC(=O)[C@@H]2[C@@H](O)[C@@H](C)CN2C1=O. The number of rotatable bonds is 11. The molecule has 0 spiro atoms. The highest BCUT2D eigenvalue weighted by Crippen LogP contribution is 2.30. The molecule has 3 fully saturated rings. The van der Waals surface area contributed by atoms with Crippen LogP contribution in [0.15, 0.2) is 48.5 Å². The Kier molecular flexibility index (Phi) is 19.3.